The number of nitrogens with one attached hydrogen (secondary N) is 2. The molecule has 0 fully saturated rings. The second kappa shape index (κ2) is 11.1. The fraction of sp³-hybridized carbons (Fsp3) is 0.300. The number of nitrogens with zero attached hydrogens (tertiary/aromatic N) is 2. The lowest BCUT2D eigenvalue weighted by Crippen LogP contribution is -2.39. The van der Waals surface area contributed by atoms with Gasteiger partial charge in [0.05, 0.1) is 6.54 Å². The molecule has 27 heavy (non-hydrogen) atoms. The van der Waals surface area contributed by atoms with E-state index in [-0.39, 0.29) is 24.0 Å². The molecule has 0 aliphatic rings. The summed E-state index contributed by atoms with van der Waals surface area (Å²) >= 11 is 1.73. The maximum absolute atomic E-state index is 5.57. The van der Waals surface area contributed by atoms with Crippen molar-refractivity contribution in [3.05, 3.63) is 64.7 Å². The molecule has 0 amide bonds. The van der Waals surface area contributed by atoms with Crippen LogP contribution in [0.3, 0.4) is 0 Å². The van der Waals surface area contributed by atoms with Crippen molar-refractivity contribution in [2.24, 2.45) is 4.99 Å². The number of rotatable bonds is 7. The van der Waals surface area contributed by atoms with Gasteiger partial charge in [0.1, 0.15) is 12.0 Å². The zero-order valence-electron chi connectivity index (χ0n) is 15.5. The quantitative estimate of drug-likeness (QED) is 0.278. The molecular weight excluding hydrogens is 471 g/mol. The van der Waals surface area contributed by atoms with Crippen molar-refractivity contribution in [1.29, 1.82) is 0 Å². The third kappa shape index (κ3) is 6.35. The van der Waals surface area contributed by atoms with Crippen LogP contribution in [0.1, 0.15) is 31.0 Å². The number of benzene rings is 1. The zero-order valence-corrected chi connectivity index (χ0v) is 18.7. The summed E-state index contributed by atoms with van der Waals surface area (Å²) < 4.78 is 5.57. The van der Waals surface area contributed by atoms with Crippen molar-refractivity contribution in [1.82, 2.24) is 15.6 Å². The number of hydrogen-bond donors (Lipinski definition) is 2. The molecule has 2 N–H and O–H groups in total. The normalized spacial score (nSPS) is 12.3. The van der Waals surface area contributed by atoms with Gasteiger partial charge in [0.25, 0.3) is 0 Å². The number of hydrogen-bond acceptors (Lipinski definition) is 4. The first-order chi connectivity index (χ1) is 12.8. The molecule has 0 bridgehead atoms. The smallest absolute Gasteiger partial charge is 0.226 e. The highest BCUT2D eigenvalue weighted by Crippen LogP contribution is 2.18. The Morgan fingerprint density at radius 1 is 1.22 bits per heavy atom. The summed E-state index contributed by atoms with van der Waals surface area (Å²) in [5.41, 5.74) is 3.13. The van der Waals surface area contributed by atoms with Crippen molar-refractivity contribution in [2.75, 3.05) is 13.1 Å². The van der Waals surface area contributed by atoms with Gasteiger partial charge >= 0.3 is 0 Å². The predicted octanol–water partition coefficient (Wildman–Crippen LogP) is 4.88. The van der Waals surface area contributed by atoms with E-state index in [1.807, 2.05) is 30.3 Å². The van der Waals surface area contributed by atoms with Crippen LogP contribution < -0.4 is 10.6 Å². The highest BCUT2D eigenvalue weighted by molar-refractivity contribution is 14.0. The molecule has 3 rings (SSSR count). The van der Waals surface area contributed by atoms with E-state index in [0.717, 1.165) is 30.3 Å². The van der Waals surface area contributed by atoms with Gasteiger partial charge in [0.15, 0.2) is 5.96 Å². The summed E-state index contributed by atoms with van der Waals surface area (Å²) in [5, 5.41) is 11.0. The van der Waals surface area contributed by atoms with E-state index >= 15 is 0 Å². The number of aromatic nitrogens is 1. The van der Waals surface area contributed by atoms with E-state index in [4.69, 9.17) is 4.42 Å². The topological polar surface area (TPSA) is 62.5 Å². The number of halogens is 1. The molecule has 3 aromatic rings. The minimum atomic E-state index is 0. The summed E-state index contributed by atoms with van der Waals surface area (Å²) in [4.78, 5) is 9.14. The van der Waals surface area contributed by atoms with Crippen LogP contribution in [0.5, 0.6) is 0 Å². The summed E-state index contributed by atoms with van der Waals surface area (Å²) in [6, 6.07) is 12.1. The molecule has 5 nitrogen and oxygen atoms in total. The van der Waals surface area contributed by atoms with Gasteiger partial charge < -0.3 is 15.1 Å². The van der Waals surface area contributed by atoms with Crippen LogP contribution in [-0.4, -0.2) is 24.0 Å². The number of oxazole rings is 1. The third-order valence-corrected chi connectivity index (χ3v) is 4.71. The molecule has 1 unspecified atom stereocenters. The molecule has 0 aliphatic heterocycles. The van der Waals surface area contributed by atoms with Gasteiger partial charge in [-0.15, -0.1) is 24.0 Å². The fourth-order valence-corrected chi connectivity index (χ4v) is 3.30. The molecule has 144 valence electrons. The Balaban J connectivity index is 0.00000261. The van der Waals surface area contributed by atoms with E-state index in [0.29, 0.717) is 18.4 Å². The van der Waals surface area contributed by atoms with Crippen LogP contribution in [0.25, 0.3) is 11.5 Å². The predicted molar refractivity (Wildman–Crippen MR) is 123 cm³/mol. The summed E-state index contributed by atoms with van der Waals surface area (Å²) in [5.74, 6) is 1.85. The zero-order chi connectivity index (χ0) is 18.2. The lowest BCUT2D eigenvalue weighted by atomic mass is 10.1. The maximum atomic E-state index is 5.57. The van der Waals surface area contributed by atoms with Gasteiger partial charge in [-0.05, 0) is 47.4 Å². The molecule has 0 aliphatic carbocycles. The largest absolute Gasteiger partial charge is 0.444 e. The Hall–Kier alpha value is -1.87. The van der Waals surface area contributed by atoms with Crippen LogP contribution in [0.4, 0.5) is 0 Å². The average Bonchev–Trinajstić information content (AvgIpc) is 3.36. The standard InChI is InChI=1S/C20H24N4OS.HI/c1-3-21-20(22-11-15(2)17-9-10-26-14-17)23-12-18-13-25-19(24-18)16-7-5-4-6-8-16;/h4-10,13-15H,3,11-12H2,1-2H3,(H2,21,22,23);1H. The molecule has 7 heteroatoms. The third-order valence-electron chi connectivity index (χ3n) is 4.00. The van der Waals surface area contributed by atoms with E-state index in [9.17, 15) is 0 Å². The number of aliphatic imine (C=N–C) groups is 1. The molecule has 2 aromatic heterocycles. The minimum absolute atomic E-state index is 0. The van der Waals surface area contributed by atoms with Crippen molar-refractivity contribution >= 4 is 41.3 Å². The lowest BCUT2D eigenvalue weighted by molar-refractivity contribution is 0.572. The maximum Gasteiger partial charge on any atom is 0.226 e. The molecule has 0 radical (unpaired) electrons. The van der Waals surface area contributed by atoms with Crippen molar-refractivity contribution in [3.63, 3.8) is 0 Å². The highest BCUT2D eigenvalue weighted by Gasteiger charge is 2.08. The van der Waals surface area contributed by atoms with Crippen molar-refractivity contribution in [3.8, 4) is 11.5 Å². The molecule has 0 saturated heterocycles. The Labute approximate surface area is 181 Å². The molecule has 0 spiro atoms. The van der Waals surface area contributed by atoms with Crippen LogP contribution >= 0.6 is 35.3 Å². The summed E-state index contributed by atoms with van der Waals surface area (Å²) in [6.07, 6.45) is 1.67. The Bertz CT molecular complexity index is 818. The summed E-state index contributed by atoms with van der Waals surface area (Å²) in [6.45, 7) is 6.38. The lowest BCUT2D eigenvalue weighted by Gasteiger charge is -2.15. The van der Waals surface area contributed by atoms with Gasteiger partial charge in [-0.1, -0.05) is 25.1 Å². The highest BCUT2D eigenvalue weighted by atomic mass is 127. The monoisotopic (exact) mass is 496 g/mol. The first-order valence-corrected chi connectivity index (χ1v) is 9.74. The van der Waals surface area contributed by atoms with Gasteiger partial charge in [-0.2, -0.15) is 11.3 Å². The van der Waals surface area contributed by atoms with Crippen LogP contribution in [-0.2, 0) is 6.54 Å². The Morgan fingerprint density at radius 3 is 2.74 bits per heavy atom. The molecular formula is C20H25IN4OS. The van der Waals surface area contributed by atoms with Crippen LogP contribution in [0.15, 0.2) is 62.8 Å². The molecule has 1 aromatic carbocycles. The minimum Gasteiger partial charge on any atom is -0.444 e. The number of guanidine groups is 1. The first-order valence-electron chi connectivity index (χ1n) is 8.80. The summed E-state index contributed by atoms with van der Waals surface area (Å²) in [7, 11) is 0. The van der Waals surface area contributed by atoms with Crippen molar-refractivity contribution in [2.45, 2.75) is 26.3 Å². The average molecular weight is 496 g/mol. The second-order valence-corrected chi connectivity index (χ2v) is 6.82. The van der Waals surface area contributed by atoms with E-state index < -0.39 is 0 Å². The molecule has 0 saturated carbocycles. The van der Waals surface area contributed by atoms with E-state index in [2.05, 4.69) is 51.3 Å². The Kier molecular flexibility index (Phi) is 8.80. The Morgan fingerprint density at radius 2 is 2.04 bits per heavy atom. The number of thiophene rings is 1. The van der Waals surface area contributed by atoms with E-state index in [1.54, 1.807) is 17.6 Å². The molecule has 2 heterocycles. The van der Waals surface area contributed by atoms with E-state index in [1.165, 1.54) is 5.56 Å². The molecule has 1 atom stereocenters. The van der Waals surface area contributed by atoms with Gasteiger partial charge in [0, 0.05) is 18.7 Å². The van der Waals surface area contributed by atoms with Crippen LogP contribution in [0.2, 0.25) is 0 Å². The van der Waals surface area contributed by atoms with Gasteiger partial charge in [-0.25, -0.2) is 9.98 Å². The second-order valence-electron chi connectivity index (χ2n) is 6.04. The fourth-order valence-electron chi connectivity index (χ4n) is 2.52. The van der Waals surface area contributed by atoms with Crippen molar-refractivity contribution < 1.29 is 4.42 Å². The first kappa shape index (κ1) is 21.4. The van der Waals surface area contributed by atoms with Crippen LogP contribution in [0, 0.1) is 0 Å². The SMILES string of the molecule is CCNC(=NCc1coc(-c2ccccc2)n1)NCC(C)c1ccsc1.I. The van der Waals surface area contributed by atoms with Gasteiger partial charge in [-0.3, -0.25) is 0 Å². The van der Waals surface area contributed by atoms with Gasteiger partial charge in [0.2, 0.25) is 5.89 Å².